The second kappa shape index (κ2) is 7.50. The average molecular weight is 393 g/mol. The van der Waals surface area contributed by atoms with Crippen molar-refractivity contribution in [1.29, 1.82) is 0 Å². The fraction of sp³-hybridized carbons (Fsp3) is 0.312. The average Bonchev–Trinajstić information content (AvgIpc) is 3.10. The van der Waals surface area contributed by atoms with Gasteiger partial charge in [-0.25, -0.2) is 4.98 Å². The molecule has 0 amide bonds. The second-order valence-electron chi connectivity index (χ2n) is 5.47. The molecule has 0 saturated heterocycles. The van der Waals surface area contributed by atoms with Crippen LogP contribution in [0, 0.1) is 10.1 Å². The number of nitro groups is 1. The highest BCUT2D eigenvalue weighted by molar-refractivity contribution is 8.00. The Morgan fingerprint density at radius 2 is 2.12 bits per heavy atom. The number of nitrogens with zero attached hydrogens (tertiary/aromatic N) is 3. The fourth-order valence-corrected chi connectivity index (χ4v) is 4.49. The van der Waals surface area contributed by atoms with Gasteiger partial charge in [0.25, 0.3) is 11.2 Å². The molecular weight excluding hydrogens is 378 g/mol. The summed E-state index contributed by atoms with van der Waals surface area (Å²) in [5.74, 6) is 0.354. The van der Waals surface area contributed by atoms with Gasteiger partial charge in [0, 0.05) is 24.3 Å². The number of ether oxygens (including phenoxy) is 1. The Morgan fingerprint density at radius 3 is 2.73 bits per heavy atom. The normalized spacial score (nSPS) is 13.9. The maximum Gasteiger partial charge on any atom is 0.318 e. The lowest BCUT2D eigenvalue weighted by Crippen LogP contribution is -2.25. The Bertz CT molecular complexity index is 927. The zero-order valence-electron chi connectivity index (χ0n) is 14.0. The molecule has 1 aromatic heterocycles. The molecule has 2 heterocycles. The van der Waals surface area contributed by atoms with Gasteiger partial charge in [0.2, 0.25) is 0 Å². The van der Waals surface area contributed by atoms with Crippen molar-refractivity contribution in [3.8, 4) is 5.69 Å². The molecule has 0 radical (unpaired) electrons. The molecule has 26 heavy (non-hydrogen) atoms. The van der Waals surface area contributed by atoms with Gasteiger partial charge < -0.3 is 4.74 Å². The number of fused-ring (bicyclic) bond motifs is 1. The van der Waals surface area contributed by atoms with Gasteiger partial charge in [-0.15, -0.1) is 11.8 Å². The summed E-state index contributed by atoms with van der Waals surface area (Å²) in [6.45, 7) is 1.67. The number of aryl methyl sites for hydroxylation is 1. The minimum absolute atomic E-state index is 0.0672. The SMILES string of the molecule is COC(=O)[C@H](C)Sc1nc2c(c(=O)n1-c1ccc([N+](=O)[O-])cc1)SCC2. The first-order valence-electron chi connectivity index (χ1n) is 7.70. The van der Waals surface area contributed by atoms with Crippen LogP contribution in [0.25, 0.3) is 5.69 Å². The van der Waals surface area contributed by atoms with E-state index in [0.717, 1.165) is 23.2 Å². The zero-order chi connectivity index (χ0) is 18.8. The summed E-state index contributed by atoms with van der Waals surface area (Å²) in [4.78, 5) is 40.2. The third-order valence-corrected chi connectivity index (χ3v) is 5.94. The van der Waals surface area contributed by atoms with Gasteiger partial charge in [-0.3, -0.25) is 24.3 Å². The number of esters is 1. The van der Waals surface area contributed by atoms with Gasteiger partial charge in [-0.1, -0.05) is 11.8 Å². The minimum Gasteiger partial charge on any atom is -0.468 e. The molecule has 2 aromatic rings. The summed E-state index contributed by atoms with van der Waals surface area (Å²) in [6.07, 6.45) is 0.691. The summed E-state index contributed by atoms with van der Waals surface area (Å²) in [5, 5.41) is 10.7. The molecule has 0 saturated carbocycles. The zero-order valence-corrected chi connectivity index (χ0v) is 15.6. The molecule has 0 fully saturated rings. The first kappa shape index (κ1) is 18.5. The predicted molar refractivity (Wildman–Crippen MR) is 98.3 cm³/mol. The number of nitro benzene ring substituents is 1. The van der Waals surface area contributed by atoms with E-state index in [4.69, 9.17) is 4.74 Å². The number of hydrogen-bond acceptors (Lipinski definition) is 8. The van der Waals surface area contributed by atoms with Gasteiger partial charge in [-0.05, 0) is 19.1 Å². The number of rotatable bonds is 5. The molecule has 1 aromatic carbocycles. The summed E-state index contributed by atoms with van der Waals surface area (Å²) in [5.41, 5.74) is 0.883. The van der Waals surface area contributed by atoms with Crippen LogP contribution in [0.5, 0.6) is 0 Å². The summed E-state index contributed by atoms with van der Waals surface area (Å²) in [7, 11) is 1.30. The third-order valence-electron chi connectivity index (χ3n) is 3.80. The van der Waals surface area contributed by atoms with Crippen molar-refractivity contribution in [1.82, 2.24) is 9.55 Å². The Balaban J connectivity index is 2.11. The van der Waals surface area contributed by atoms with E-state index in [9.17, 15) is 19.7 Å². The van der Waals surface area contributed by atoms with Crippen LogP contribution in [0.4, 0.5) is 5.69 Å². The van der Waals surface area contributed by atoms with Crippen molar-refractivity contribution in [2.24, 2.45) is 0 Å². The lowest BCUT2D eigenvalue weighted by molar-refractivity contribution is -0.384. The number of thioether (sulfide) groups is 2. The van der Waals surface area contributed by atoms with Gasteiger partial charge in [0.05, 0.1) is 28.3 Å². The van der Waals surface area contributed by atoms with E-state index in [0.29, 0.717) is 22.2 Å². The monoisotopic (exact) mass is 393 g/mol. The predicted octanol–water partition coefficient (Wildman–Crippen LogP) is 2.44. The first-order valence-corrected chi connectivity index (χ1v) is 9.57. The molecular formula is C16H15N3O5S2. The largest absolute Gasteiger partial charge is 0.468 e. The third kappa shape index (κ3) is 3.47. The molecule has 1 aliphatic rings. The van der Waals surface area contributed by atoms with Gasteiger partial charge in [0.15, 0.2) is 5.16 Å². The maximum absolute atomic E-state index is 13.0. The van der Waals surface area contributed by atoms with E-state index < -0.39 is 16.1 Å². The van der Waals surface area contributed by atoms with E-state index in [2.05, 4.69) is 4.98 Å². The van der Waals surface area contributed by atoms with Crippen molar-refractivity contribution in [2.45, 2.75) is 28.6 Å². The smallest absolute Gasteiger partial charge is 0.318 e. The van der Waals surface area contributed by atoms with Gasteiger partial charge in [-0.2, -0.15) is 0 Å². The van der Waals surface area contributed by atoms with Crippen LogP contribution in [0.15, 0.2) is 39.1 Å². The number of benzene rings is 1. The highest BCUT2D eigenvalue weighted by Crippen LogP contribution is 2.31. The number of non-ortho nitro benzene ring substituents is 1. The molecule has 136 valence electrons. The lowest BCUT2D eigenvalue weighted by Gasteiger charge is -2.15. The molecule has 0 N–H and O–H groups in total. The molecule has 0 aliphatic carbocycles. The Kier molecular flexibility index (Phi) is 5.33. The van der Waals surface area contributed by atoms with Crippen LogP contribution in [0.1, 0.15) is 12.6 Å². The standard InChI is InChI=1S/C16H15N3O5S2/c1-9(15(21)24-2)26-16-17-12-7-8-25-13(12)14(20)18(16)10-3-5-11(6-4-10)19(22)23/h3-6,9H,7-8H2,1-2H3/t9-/m0/s1. The van der Waals surface area contributed by atoms with Crippen LogP contribution in [-0.4, -0.2) is 38.6 Å². The number of hydrogen-bond donors (Lipinski definition) is 0. The van der Waals surface area contributed by atoms with Crippen LogP contribution >= 0.6 is 23.5 Å². The van der Waals surface area contributed by atoms with Crippen LogP contribution < -0.4 is 5.56 Å². The van der Waals surface area contributed by atoms with E-state index in [1.165, 1.54) is 47.7 Å². The van der Waals surface area contributed by atoms with Crippen molar-refractivity contribution in [3.63, 3.8) is 0 Å². The van der Waals surface area contributed by atoms with Crippen molar-refractivity contribution < 1.29 is 14.5 Å². The molecule has 0 spiro atoms. The molecule has 10 heteroatoms. The van der Waals surface area contributed by atoms with Crippen LogP contribution in [0.3, 0.4) is 0 Å². The van der Waals surface area contributed by atoms with Gasteiger partial charge in [0.1, 0.15) is 5.25 Å². The maximum atomic E-state index is 13.0. The van der Waals surface area contributed by atoms with Crippen molar-refractivity contribution in [3.05, 3.63) is 50.4 Å². The van der Waals surface area contributed by atoms with Gasteiger partial charge >= 0.3 is 5.97 Å². The van der Waals surface area contributed by atoms with Crippen molar-refractivity contribution >= 4 is 35.2 Å². The molecule has 8 nitrogen and oxygen atoms in total. The van der Waals surface area contributed by atoms with E-state index in [1.54, 1.807) is 6.92 Å². The quantitative estimate of drug-likeness (QED) is 0.251. The minimum atomic E-state index is -0.552. The summed E-state index contributed by atoms with van der Waals surface area (Å²) in [6, 6.07) is 5.67. The Labute approximate surface area is 157 Å². The highest BCUT2D eigenvalue weighted by atomic mass is 32.2. The van der Waals surface area contributed by atoms with E-state index in [-0.39, 0.29) is 11.2 Å². The van der Waals surface area contributed by atoms with E-state index >= 15 is 0 Å². The molecule has 0 unspecified atom stereocenters. The van der Waals surface area contributed by atoms with Crippen LogP contribution in [0.2, 0.25) is 0 Å². The second-order valence-corrected chi connectivity index (χ2v) is 7.88. The Hall–Kier alpha value is -2.33. The number of aromatic nitrogens is 2. The molecule has 3 rings (SSSR count). The number of methoxy groups -OCH3 is 1. The van der Waals surface area contributed by atoms with Crippen LogP contribution in [-0.2, 0) is 16.0 Å². The topological polar surface area (TPSA) is 104 Å². The van der Waals surface area contributed by atoms with E-state index in [1.807, 2.05) is 0 Å². The molecule has 0 bridgehead atoms. The number of carbonyl (C=O) groups is 1. The van der Waals surface area contributed by atoms with Crippen molar-refractivity contribution in [2.75, 3.05) is 12.9 Å². The highest BCUT2D eigenvalue weighted by Gasteiger charge is 2.25. The molecule has 1 atom stereocenters. The fourth-order valence-electron chi connectivity index (χ4n) is 2.49. The lowest BCUT2D eigenvalue weighted by atomic mass is 10.2. The Morgan fingerprint density at radius 1 is 1.42 bits per heavy atom. The number of carbonyl (C=O) groups excluding carboxylic acids is 1. The summed E-state index contributed by atoms with van der Waals surface area (Å²) < 4.78 is 6.13. The molecule has 1 aliphatic heterocycles. The first-order chi connectivity index (χ1) is 12.4. The summed E-state index contributed by atoms with van der Waals surface area (Å²) >= 11 is 2.57.